The van der Waals surface area contributed by atoms with Crippen molar-refractivity contribution in [2.24, 2.45) is 4.99 Å². The van der Waals surface area contributed by atoms with Gasteiger partial charge in [0.25, 0.3) is 16.7 Å². The van der Waals surface area contributed by atoms with E-state index >= 15 is 4.79 Å². The highest BCUT2D eigenvalue weighted by Crippen LogP contribution is 2.45. The minimum atomic E-state index is -0.188. The van der Waals surface area contributed by atoms with Crippen LogP contribution in [-0.4, -0.2) is 25.2 Å². The normalized spacial score (nSPS) is 12.9. The summed E-state index contributed by atoms with van der Waals surface area (Å²) in [6.45, 7) is 9.44. The van der Waals surface area contributed by atoms with E-state index in [0.29, 0.717) is 33.4 Å². The maximum absolute atomic E-state index is 15.1. The molecule has 0 bridgehead atoms. The predicted octanol–water partition coefficient (Wildman–Crippen LogP) is 14.0. The topological polar surface area (TPSA) is 93.7 Å². The van der Waals surface area contributed by atoms with Crippen molar-refractivity contribution in [1.82, 2.24) is 9.13 Å². The number of alkyl halides is 1. The van der Waals surface area contributed by atoms with Crippen molar-refractivity contribution in [2.45, 2.75) is 175 Å². The fourth-order valence-corrected chi connectivity index (χ4v) is 10.8. The Labute approximate surface area is 374 Å². The average Bonchev–Trinajstić information content (AvgIpc) is 3.26. The molecule has 0 unspecified atom stereocenters. The van der Waals surface area contributed by atoms with E-state index in [1.165, 1.54) is 0 Å². The highest BCUT2D eigenvalue weighted by atomic mass is 127. The molecule has 1 N–H and O–H groups in total. The van der Waals surface area contributed by atoms with Crippen LogP contribution in [0.2, 0.25) is 0 Å². The maximum Gasteiger partial charge on any atom is 0.263 e. The zero-order chi connectivity index (χ0) is 43.0. The van der Waals surface area contributed by atoms with Crippen LogP contribution in [0.4, 0.5) is 0 Å². The first-order chi connectivity index (χ1) is 29.8. The molecule has 0 fully saturated rings. The number of halogens is 1. The summed E-state index contributed by atoms with van der Waals surface area (Å²) in [7, 11) is 0. The van der Waals surface area contributed by atoms with E-state index in [2.05, 4.69) is 74.6 Å². The minimum Gasteiger partial charge on any atom is -0.494 e. The fraction of sp³-hybridized carbons (Fsp3) is 0.547. The fourth-order valence-electron chi connectivity index (χ4n) is 10.5. The number of hydrogen-bond donors (Lipinski definition) is 1. The molecule has 326 valence electrons. The van der Waals surface area contributed by atoms with E-state index in [0.717, 1.165) is 182 Å². The van der Waals surface area contributed by atoms with Gasteiger partial charge in [-0.3, -0.25) is 28.5 Å². The quantitative estimate of drug-likeness (QED) is 0.0203. The van der Waals surface area contributed by atoms with Crippen molar-refractivity contribution >= 4 is 87.2 Å². The molecule has 0 radical (unpaired) electrons. The van der Waals surface area contributed by atoms with Gasteiger partial charge in [0.15, 0.2) is 0 Å². The van der Waals surface area contributed by atoms with Crippen molar-refractivity contribution in [1.29, 1.82) is 0 Å². The van der Waals surface area contributed by atoms with Crippen LogP contribution < -0.4 is 22.0 Å². The zero-order valence-corrected chi connectivity index (χ0v) is 39.5. The Morgan fingerprint density at radius 3 is 1.36 bits per heavy atom. The molecule has 0 aliphatic heterocycles. The summed E-state index contributed by atoms with van der Waals surface area (Å²) in [5, 5.41) is 22.5. The minimum absolute atomic E-state index is 0.0432. The lowest BCUT2D eigenvalue weighted by Crippen LogP contribution is -2.36. The highest BCUT2D eigenvalue weighted by molar-refractivity contribution is 14.1. The molecule has 8 heteroatoms. The Balaban J connectivity index is 1.48. The Morgan fingerprint density at radius 1 is 0.475 bits per heavy atom. The molecule has 7 aromatic rings. The van der Waals surface area contributed by atoms with Gasteiger partial charge in [-0.25, -0.2) is 0 Å². The van der Waals surface area contributed by atoms with Crippen LogP contribution in [0.5, 0.6) is 5.88 Å². The summed E-state index contributed by atoms with van der Waals surface area (Å²) >= 11 is 2.38. The molecule has 0 saturated carbocycles. The summed E-state index contributed by atoms with van der Waals surface area (Å²) in [6.07, 6.45) is 22.0. The SMILES string of the molecule is CCCCCCC(CCCCCC)n1c(O)c2ccc3c4ccc5c(=O)n(C(CCCCCC)CCCCCC)c(=O)c6ccc(c7cc(=NCCCI)c(c1=O)c2c37)c4c56. The molecule has 2 heterocycles. The molecule has 7 nitrogen and oxygen atoms in total. The third kappa shape index (κ3) is 8.90. The Bertz CT molecular complexity index is 2750. The van der Waals surface area contributed by atoms with Crippen molar-refractivity contribution in [3.63, 3.8) is 0 Å². The molecule has 0 aliphatic rings. The zero-order valence-electron chi connectivity index (χ0n) is 37.4. The van der Waals surface area contributed by atoms with Gasteiger partial charge in [0, 0.05) is 50.0 Å². The number of rotatable bonds is 25. The second kappa shape index (κ2) is 21.1. The lowest BCUT2D eigenvalue weighted by Gasteiger charge is -2.25. The number of unbranched alkanes of at least 4 members (excludes halogenated alkanes) is 12. The van der Waals surface area contributed by atoms with E-state index in [4.69, 9.17) is 4.99 Å². The predicted molar refractivity (Wildman–Crippen MR) is 269 cm³/mol. The van der Waals surface area contributed by atoms with Gasteiger partial charge < -0.3 is 5.11 Å². The van der Waals surface area contributed by atoms with Crippen molar-refractivity contribution in [3.8, 4) is 5.88 Å². The Morgan fingerprint density at radius 2 is 0.885 bits per heavy atom. The summed E-state index contributed by atoms with van der Waals surface area (Å²) in [5.41, 5.74) is -0.539. The molecule has 0 aliphatic carbocycles. The van der Waals surface area contributed by atoms with E-state index in [1.807, 2.05) is 18.2 Å². The van der Waals surface area contributed by atoms with Gasteiger partial charge in [-0.1, -0.05) is 171 Å². The van der Waals surface area contributed by atoms with Gasteiger partial charge >= 0.3 is 0 Å². The van der Waals surface area contributed by atoms with Crippen molar-refractivity contribution in [3.05, 3.63) is 78.9 Å². The van der Waals surface area contributed by atoms with Crippen LogP contribution in [0.3, 0.4) is 0 Å². The first-order valence-corrected chi connectivity index (χ1v) is 25.6. The summed E-state index contributed by atoms with van der Waals surface area (Å²) in [5.74, 6) is 0.0432. The third-order valence-corrected chi connectivity index (χ3v) is 14.4. The number of aromatic hydroxyl groups is 1. The van der Waals surface area contributed by atoms with E-state index < -0.39 is 0 Å². The average molecular weight is 938 g/mol. The number of hydrogen-bond acceptors (Lipinski definition) is 5. The van der Waals surface area contributed by atoms with Gasteiger partial charge in [0.05, 0.1) is 10.7 Å². The molecule has 0 amide bonds. The van der Waals surface area contributed by atoms with Crippen LogP contribution in [0, 0.1) is 0 Å². The summed E-state index contributed by atoms with van der Waals surface area (Å²) in [4.78, 5) is 49.7. The monoisotopic (exact) mass is 937 g/mol. The molecule has 7 rings (SSSR count). The van der Waals surface area contributed by atoms with Crippen molar-refractivity contribution in [2.75, 3.05) is 11.0 Å². The lowest BCUT2D eigenvalue weighted by atomic mass is 9.85. The molecular weight excluding hydrogens is 870 g/mol. The molecule has 0 atom stereocenters. The molecule has 2 aromatic heterocycles. The van der Waals surface area contributed by atoms with Crippen LogP contribution in [0.15, 0.2) is 61.8 Å². The molecule has 0 spiro atoms. The number of pyridine rings is 2. The van der Waals surface area contributed by atoms with Gasteiger partial charge in [-0.2, -0.15) is 0 Å². The number of nitrogens with zero attached hydrogens (tertiary/aromatic N) is 3. The van der Waals surface area contributed by atoms with Gasteiger partial charge in [-0.15, -0.1) is 0 Å². The standard InChI is InChI=1S/C53H68IN3O4/c1-5-9-13-17-22-35(23-18-14-10-6-2)56-50(58)40-29-26-37-38-27-31-42-48-46(38)43(39-28-30-41(51(56)59)47(40)45(37)39)34-44(55-33-21-32-54)49(48)53(61)57(52(42)60)36(24-19-15-11-7-3)25-20-16-12-8-4/h26-31,34-36,60H,5-25,32-33H2,1-4H3. The van der Waals surface area contributed by atoms with Crippen LogP contribution in [-0.2, 0) is 0 Å². The van der Waals surface area contributed by atoms with Crippen molar-refractivity contribution < 1.29 is 5.11 Å². The first kappa shape index (κ1) is 45.2. The molecule has 5 aromatic carbocycles. The molecular formula is C53H68IN3O4. The number of benzene rings is 5. The van der Waals surface area contributed by atoms with Crippen LogP contribution in [0.1, 0.15) is 175 Å². The van der Waals surface area contributed by atoms with E-state index in [9.17, 15) is 14.7 Å². The Kier molecular flexibility index (Phi) is 15.6. The summed E-state index contributed by atoms with van der Waals surface area (Å²) in [6, 6.07) is 13.9. The number of aromatic nitrogens is 2. The van der Waals surface area contributed by atoms with Crippen LogP contribution in [0.25, 0.3) is 64.6 Å². The largest absolute Gasteiger partial charge is 0.494 e. The second-order valence-electron chi connectivity index (χ2n) is 17.9. The number of fused-ring (bicyclic) bond motifs is 2. The second-order valence-corrected chi connectivity index (χ2v) is 19.0. The van der Waals surface area contributed by atoms with Gasteiger partial charge in [0.2, 0.25) is 5.88 Å². The summed E-state index contributed by atoms with van der Waals surface area (Å²) < 4.78 is 4.29. The lowest BCUT2D eigenvalue weighted by molar-refractivity contribution is 0.334. The molecule has 0 saturated heterocycles. The molecule has 61 heavy (non-hydrogen) atoms. The smallest absolute Gasteiger partial charge is 0.263 e. The first-order valence-electron chi connectivity index (χ1n) is 24.1. The van der Waals surface area contributed by atoms with Crippen LogP contribution >= 0.6 is 22.6 Å². The van der Waals surface area contributed by atoms with E-state index in [-0.39, 0.29) is 34.6 Å². The van der Waals surface area contributed by atoms with E-state index in [1.54, 1.807) is 9.13 Å². The van der Waals surface area contributed by atoms with Gasteiger partial charge in [-0.05, 0) is 88.7 Å². The third-order valence-electron chi connectivity index (χ3n) is 13.7. The highest BCUT2D eigenvalue weighted by Gasteiger charge is 2.27. The maximum atomic E-state index is 15.1. The Hall–Kier alpha value is -3.79. The van der Waals surface area contributed by atoms with Gasteiger partial charge in [0.1, 0.15) is 0 Å².